The first kappa shape index (κ1) is 14.3. The van der Waals surface area contributed by atoms with Crippen molar-refractivity contribution in [2.75, 3.05) is 12.4 Å². The zero-order valence-corrected chi connectivity index (χ0v) is 11.1. The summed E-state index contributed by atoms with van der Waals surface area (Å²) in [4.78, 5) is 11.6. The number of nitrogens with one attached hydrogen (secondary N) is 1. The molecule has 0 atom stereocenters. The number of aliphatic hydroxyl groups excluding tert-OH is 1. The molecule has 1 amide bonds. The Hall–Kier alpha value is -1.75. The number of carbonyl (C=O) groups excluding carboxylic acids is 1. The van der Waals surface area contributed by atoms with Gasteiger partial charge in [-0.05, 0) is 39.0 Å². The van der Waals surface area contributed by atoms with Crippen LogP contribution in [0.2, 0.25) is 0 Å². The molecule has 0 saturated heterocycles. The third kappa shape index (κ3) is 4.25. The van der Waals surface area contributed by atoms with Gasteiger partial charge in [-0.15, -0.1) is 0 Å². The summed E-state index contributed by atoms with van der Waals surface area (Å²) in [6.45, 7) is 5.21. The number of anilines is 1. The summed E-state index contributed by atoms with van der Waals surface area (Å²) < 4.78 is 10.2. The van der Waals surface area contributed by atoms with E-state index < -0.39 is 11.7 Å². The van der Waals surface area contributed by atoms with Gasteiger partial charge in [-0.2, -0.15) is 0 Å². The Morgan fingerprint density at radius 3 is 2.56 bits per heavy atom. The monoisotopic (exact) mass is 253 g/mol. The molecule has 2 N–H and O–H groups in total. The molecular weight excluding hydrogens is 234 g/mol. The molecule has 0 spiro atoms. The third-order valence-electron chi connectivity index (χ3n) is 2.10. The largest absolute Gasteiger partial charge is 0.496 e. The van der Waals surface area contributed by atoms with Gasteiger partial charge in [-0.3, -0.25) is 5.32 Å². The fourth-order valence-corrected chi connectivity index (χ4v) is 1.40. The molecular formula is C13H19NO4. The Labute approximate surface area is 107 Å². The van der Waals surface area contributed by atoms with Gasteiger partial charge in [0.1, 0.15) is 11.4 Å². The van der Waals surface area contributed by atoms with Crippen molar-refractivity contribution in [1.82, 2.24) is 0 Å². The summed E-state index contributed by atoms with van der Waals surface area (Å²) in [6.07, 6.45) is -0.531. The minimum atomic E-state index is -0.545. The summed E-state index contributed by atoms with van der Waals surface area (Å²) in [5, 5.41) is 11.8. The van der Waals surface area contributed by atoms with Crippen LogP contribution in [0.15, 0.2) is 18.2 Å². The summed E-state index contributed by atoms with van der Waals surface area (Å²) in [5.41, 5.74) is 0.608. The van der Waals surface area contributed by atoms with Crippen LogP contribution < -0.4 is 10.1 Å². The maximum absolute atomic E-state index is 11.6. The van der Waals surface area contributed by atoms with Crippen LogP contribution in [0.5, 0.6) is 5.75 Å². The third-order valence-corrected chi connectivity index (χ3v) is 2.10. The molecule has 0 aliphatic heterocycles. The molecule has 5 nitrogen and oxygen atoms in total. The van der Waals surface area contributed by atoms with Crippen LogP contribution in [0.1, 0.15) is 26.3 Å². The topological polar surface area (TPSA) is 67.8 Å². The highest BCUT2D eigenvalue weighted by Gasteiger charge is 2.16. The van der Waals surface area contributed by atoms with Gasteiger partial charge in [0, 0.05) is 11.3 Å². The van der Waals surface area contributed by atoms with Crippen molar-refractivity contribution in [3.05, 3.63) is 23.8 Å². The first-order valence-corrected chi connectivity index (χ1v) is 5.63. The lowest BCUT2D eigenvalue weighted by molar-refractivity contribution is 0.0636. The standard InChI is InChI=1S/C13H19NO4/c1-13(2,3)18-12(16)14-10-5-6-11(17-4)9(7-10)8-15/h5-7,15H,8H2,1-4H3,(H,14,16). The van der Waals surface area contributed by atoms with Gasteiger partial charge >= 0.3 is 6.09 Å². The van der Waals surface area contributed by atoms with E-state index in [1.165, 1.54) is 7.11 Å². The molecule has 0 heterocycles. The summed E-state index contributed by atoms with van der Waals surface area (Å²) in [7, 11) is 1.52. The van der Waals surface area contributed by atoms with E-state index in [1.54, 1.807) is 39.0 Å². The van der Waals surface area contributed by atoms with Crippen LogP contribution in [0.4, 0.5) is 10.5 Å². The van der Waals surface area contributed by atoms with Crippen molar-refractivity contribution >= 4 is 11.8 Å². The summed E-state index contributed by atoms with van der Waals surface area (Å²) in [6, 6.07) is 5.00. The van der Waals surface area contributed by atoms with E-state index in [0.717, 1.165) is 0 Å². The molecule has 0 fully saturated rings. The SMILES string of the molecule is COc1ccc(NC(=O)OC(C)(C)C)cc1CO. The molecule has 0 bridgehead atoms. The van der Waals surface area contributed by atoms with Crippen LogP contribution in [0.25, 0.3) is 0 Å². The Morgan fingerprint density at radius 1 is 1.39 bits per heavy atom. The van der Waals surface area contributed by atoms with E-state index in [2.05, 4.69) is 5.32 Å². The highest BCUT2D eigenvalue weighted by molar-refractivity contribution is 5.85. The maximum Gasteiger partial charge on any atom is 0.412 e. The fraction of sp³-hybridized carbons (Fsp3) is 0.462. The molecule has 0 aliphatic rings. The van der Waals surface area contributed by atoms with Crippen LogP contribution in [0, 0.1) is 0 Å². The van der Waals surface area contributed by atoms with Crippen molar-refractivity contribution in [1.29, 1.82) is 0 Å². The van der Waals surface area contributed by atoms with E-state index in [4.69, 9.17) is 9.47 Å². The molecule has 100 valence electrons. The van der Waals surface area contributed by atoms with Gasteiger partial charge in [0.2, 0.25) is 0 Å². The maximum atomic E-state index is 11.6. The number of methoxy groups -OCH3 is 1. The van der Waals surface area contributed by atoms with Crippen LogP contribution in [-0.4, -0.2) is 23.9 Å². The normalized spacial score (nSPS) is 10.9. The minimum Gasteiger partial charge on any atom is -0.496 e. The van der Waals surface area contributed by atoms with E-state index in [-0.39, 0.29) is 6.61 Å². The van der Waals surface area contributed by atoms with Gasteiger partial charge in [0.25, 0.3) is 0 Å². The first-order chi connectivity index (χ1) is 8.35. The second kappa shape index (κ2) is 5.73. The Morgan fingerprint density at radius 2 is 2.06 bits per heavy atom. The highest BCUT2D eigenvalue weighted by atomic mass is 16.6. The fourth-order valence-electron chi connectivity index (χ4n) is 1.40. The van der Waals surface area contributed by atoms with Crippen LogP contribution >= 0.6 is 0 Å². The van der Waals surface area contributed by atoms with Gasteiger partial charge < -0.3 is 14.6 Å². The quantitative estimate of drug-likeness (QED) is 0.868. The van der Waals surface area contributed by atoms with Crippen molar-refractivity contribution < 1.29 is 19.4 Å². The van der Waals surface area contributed by atoms with Crippen molar-refractivity contribution in [2.45, 2.75) is 33.0 Å². The predicted octanol–water partition coefficient (Wildman–Crippen LogP) is 2.53. The van der Waals surface area contributed by atoms with Crippen molar-refractivity contribution in [3.8, 4) is 5.75 Å². The number of rotatable bonds is 3. The Kier molecular flexibility index (Phi) is 4.55. The number of hydrogen-bond donors (Lipinski definition) is 2. The average molecular weight is 253 g/mol. The molecule has 1 aromatic rings. The van der Waals surface area contributed by atoms with Gasteiger partial charge in [-0.25, -0.2) is 4.79 Å². The van der Waals surface area contributed by atoms with E-state index in [0.29, 0.717) is 17.0 Å². The van der Waals surface area contributed by atoms with E-state index in [9.17, 15) is 9.90 Å². The number of amides is 1. The van der Waals surface area contributed by atoms with Crippen molar-refractivity contribution in [2.24, 2.45) is 0 Å². The number of aliphatic hydroxyl groups is 1. The van der Waals surface area contributed by atoms with Crippen LogP contribution in [-0.2, 0) is 11.3 Å². The second-order valence-electron chi connectivity index (χ2n) is 4.81. The molecule has 0 radical (unpaired) electrons. The molecule has 0 aromatic heterocycles. The average Bonchev–Trinajstić information content (AvgIpc) is 2.26. The van der Waals surface area contributed by atoms with Crippen LogP contribution in [0.3, 0.4) is 0 Å². The number of carbonyl (C=O) groups is 1. The minimum absolute atomic E-state index is 0.160. The lowest BCUT2D eigenvalue weighted by Crippen LogP contribution is -2.27. The second-order valence-corrected chi connectivity index (χ2v) is 4.81. The molecule has 0 saturated carbocycles. The summed E-state index contributed by atoms with van der Waals surface area (Å²) in [5.74, 6) is 0.576. The van der Waals surface area contributed by atoms with Gasteiger partial charge in [0.15, 0.2) is 0 Å². The molecule has 1 rings (SSSR count). The summed E-state index contributed by atoms with van der Waals surface area (Å²) >= 11 is 0. The highest BCUT2D eigenvalue weighted by Crippen LogP contribution is 2.23. The van der Waals surface area contributed by atoms with Gasteiger partial charge in [0.05, 0.1) is 13.7 Å². The van der Waals surface area contributed by atoms with Gasteiger partial charge in [-0.1, -0.05) is 0 Å². The molecule has 0 aliphatic carbocycles. The lowest BCUT2D eigenvalue weighted by Gasteiger charge is -2.20. The molecule has 0 unspecified atom stereocenters. The number of hydrogen-bond acceptors (Lipinski definition) is 4. The molecule has 5 heteroatoms. The Bertz CT molecular complexity index is 423. The molecule has 1 aromatic carbocycles. The molecule has 18 heavy (non-hydrogen) atoms. The predicted molar refractivity (Wildman–Crippen MR) is 68.8 cm³/mol. The smallest absolute Gasteiger partial charge is 0.412 e. The number of benzene rings is 1. The van der Waals surface area contributed by atoms with E-state index >= 15 is 0 Å². The zero-order valence-electron chi connectivity index (χ0n) is 11.1. The zero-order chi connectivity index (χ0) is 13.8. The Balaban J connectivity index is 2.76. The number of ether oxygens (including phenoxy) is 2. The first-order valence-electron chi connectivity index (χ1n) is 5.63. The lowest BCUT2D eigenvalue weighted by atomic mass is 10.2. The van der Waals surface area contributed by atoms with E-state index in [1.807, 2.05) is 0 Å². The van der Waals surface area contributed by atoms with Crippen molar-refractivity contribution in [3.63, 3.8) is 0 Å².